The van der Waals surface area contributed by atoms with E-state index in [9.17, 15) is 9.59 Å². The van der Waals surface area contributed by atoms with Crippen LogP contribution in [0.1, 0.15) is 16.7 Å². The zero-order chi connectivity index (χ0) is 15.4. The van der Waals surface area contributed by atoms with Gasteiger partial charge in [-0.25, -0.2) is 0 Å². The van der Waals surface area contributed by atoms with Crippen LogP contribution in [-0.2, 0) is 29.1 Å². The maximum Gasteiger partial charge on any atom is 0.312 e. The highest BCUT2D eigenvalue weighted by Crippen LogP contribution is 2.18. The molecule has 0 spiro atoms. The number of rotatable bonds is 2. The summed E-state index contributed by atoms with van der Waals surface area (Å²) in [5, 5.41) is 2.65. The molecular weight excluding hydrogens is 278 g/mol. The number of carbonyl (C=O) groups is 2. The van der Waals surface area contributed by atoms with Crippen molar-refractivity contribution >= 4 is 11.8 Å². The van der Waals surface area contributed by atoms with E-state index in [4.69, 9.17) is 0 Å². The third kappa shape index (κ3) is 3.14. The van der Waals surface area contributed by atoms with Gasteiger partial charge in [0.2, 0.25) is 0 Å². The topological polar surface area (TPSA) is 62.3 Å². The Labute approximate surface area is 129 Å². The summed E-state index contributed by atoms with van der Waals surface area (Å²) in [6.07, 6.45) is 4.13. The zero-order valence-electron chi connectivity index (χ0n) is 12.2. The van der Waals surface area contributed by atoms with Crippen molar-refractivity contribution in [3.05, 3.63) is 65.5 Å². The molecule has 0 fully saturated rings. The summed E-state index contributed by atoms with van der Waals surface area (Å²) in [7, 11) is 0. The first-order chi connectivity index (χ1) is 10.7. The molecule has 1 aliphatic rings. The first-order valence-electron chi connectivity index (χ1n) is 7.27. The number of fused-ring (bicyclic) bond motifs is 1. The molecule has 5 nitrogen and oxygen atoms in total. The number of nitrogens with one attached hydrogen (secondary N) is 1. The quantitative estimate of drug-likeness (QED) is 0.849. The van der Waals surface area contributed by atoms with Crippen molar-refractivity contribution in [3.8, 4) is 0 Å². The molecule has 2 amide bonds. The van der Waals surface area contributed by atoms with Gasteiger partial charge in [0.1, 0.15) is 0 Å². The van der Waals surface area contributed by atoms with Crippen LogP contribution in [0.5, 0.6) is 0 Å². The molecule has 0 saturated heterocycles. The maximum atomic E-state index is 12.2. The first kappa shape index (κ1) is 14.3. The second kappa shape index (κ2) is 6.39. The molecule has 112 valence electrons. The van der Waals surface area contributed by atoms with E-state index in [1.54, 1.807) is 23.4 Å². The van der Waals surface area contributed by atoms with Gasteiger partial charge in [-0.2, -0.15) is 0 Å². The lowest BCUT2D eigenvalue weighted by Crippen LogP contribution is -2.44. The van der Waals surface area contributed by atoms with Gasteiger partial charge in [-0.1, -0.05) is 30.3 Å². The molecule has 1 N–H and O–H groups in total. The number of amides is 2. The van der Waals surface area contributed by atoms with Crippen LogP contribution < -0.4 is 5.32 Å². The van der Waals surface area contributed by atoms with Crippen LogP contribution in [0.15, 0.2) is 48.8 Å². The average molecular weight is 295 g/mol. The largest absolute Gasteiger partial charge is 0.344 e. The molecule has 3 rings (SSSR count). The molecule has 0 unspecified atom stereocenters. The van der Waals surface area contributed by atoms with Crippen LogP contribution in [0.25, 0.3) is 0 Å². The summed E-state index contributed by atoms with van der Waals surface area (Å²) in [5.74, 6) is -1.04. The van der Waals surface area contributed by atoms with E-state index in [1.165, 1.54) is 5.56 Å². The highest BCUT2D eigenvalue weighted by atomic mass is 16.2. The molecule has 22 heavy (non-hydrogen) atoms. The van der Waals surface area contributed by atoms with E-state index in [0.29, 0.717) is 19.6 Å². The number of pyridine rings is 1. The van der Waals surface area contributed by atoms with Crippen molar-refractivity contribution in [1.82, 2.24) is 15.2 Å². The standard InChI is InChI=1S/C17H17N3O2/c21-16(19-11-13-4-3-8-18-10-13)17(22)20-9-7-14-5-1-2-6-15(14)12-20/h1-6,8,10H,7,9,11-12H2,(H,19,21). The van der Waals surface area contributed by atoms with Crippen molar-refractivity contribution in [2.45, 2.75) is 19.5 Å². The number of benzene rings is 1. The fourth-order valence-corrected chi connectivity index (χ4v) is 2.57. The fourth-order valence-electron chi connectivity index (χ4n) is 2.57. The second-order valence-electron chi connectivity index (χ2n) is 5.29. The molecule has 0 saturated carbocycles. The van der Waals surface area contributed by atoms with E-state index < -0.39 is 11.8 Å². The lowest BCUT2D eigenvalue weighted by atomic mass is 10.00. The fraction of sp³-hybridized carbons (Fsp3) is 0.235. The molecule has 5 heteroatoms. The highest BCUT2D eigenvalue weighted by molar-refractivity contribution is 6.34. The third-order valence-electron chi connectivity index (χ3n) is 3.79. The van der Waals surface area contributed by atoms with Gasteiger partial charge >= 0.3 is 11.8 Å². The Morgan fingerprint density at radius 3 is 2.73 bits per heavy atom. The molecule has 0 radical (unpaired) electrons. The van der Waals surface area contributed by atoms with Gasteiger partial charge < -0.3 is 10.2 Å². The molecule has 1 aromatic heterocycles. The van der Waals surface area contributed by atoms with Gasteiger partial charge in [-0.3, -0.25) is 14.6 Å². The van der Waals surface area contributed by atoms with Crippen molar-refractivity contribution in [1.29, 1.82) is 0 Å². The lowest BCUT2D eigenvalue weighted by molar-refractivity contribution is -0.146. The number of aromatic nitrogens is 1. The van der Waals surface area contributed by atoms with Crippen LogP contribution in [0.3, 0.4) is 0 Å². The summed E-state index contributed by atoms with van der Waals surface area (Å²) in [6.45, 7) is 1.38. The molecule has 0 bridgehead atoms. The van der Waals surface area contributed by atoms with Crippen LogP contribution in [0, 0.1) is 0 Å². The highest BCUT2D eigenvalue weighted by Gasteiger charge is 2.25. The second-order valence-corrected chi connectivity index (χ2v) is 5.29. The van der Waals surface area contributed by atoms with Crippen molar-refractivity contribution in [2.75, 3.05) is 6.54 Å². The Hall–Kier alpha value is -2.69. The summed E-state index contributed by atoms with van der Waals surface area (Å²) in [5.41, 5.74) is 3.23. The Bertz CT molecular complexity index is 685. The molecule has 2 heterocycles. The summed E-state index contributed by atoms with van der Waals surface area (Å²) >= 11 is 0. The molecule has 0 atom stereocenters. The van der Waals surface area contributed by atoms with Crippen LogP contribution in [0.4, 0.5) is 0 Å². The maximum absolute atomic E-state index is 12.2. The van der Waals surface area contributed by atoms with Gasteiger partial charge in [-0.15, -0.1) is 0 Å². The van der Waals surface area contributed by atoms with E-state index in [0.717, 1.165) is 17.5 Å². The monoisotopic (exact) mass is 295 g/mol. The number of carbonyl (C=O) groups excluding carboxylic acids is 2. The van der Waals surface area contributed by atoms with Crippen LogP contribution in [0.2, 0.25) is 0 Å². The average Bonchev–Trinajstić information content (AvgIpc) is 2.59. The number of hydrogen-bond donors (Lipinski definition) is 1. The Kier molecular flexibility index (Phi) is 4.14. The van der Waals surface area contributed by atoms with Crippen LogP contribution >= 0.6 is 0 Å². The van der Waals surface area contributed by atoms with Gasteiger partial charge in [0.25, 0.3) is 0 Å². The summed E-state index contributed by atoms with van der Waals surface area (Å²) in [4.78, 5) is 29.8. The van der Waals surface area contributed by atoms with E-state index in [-0.39, 0.29) is 0 Å². The predicted octanol–water partition coefficient (Wildman–Crippen LogP) is 1.28. The Balaban J connectivity index is 1.59. The van der Waals surface area contributed by atoms with Gasteiger partial charge in [0.15, 0.2) is 0 Å². The molecule has 0 aliphatic carbocycles. The minimum absolute atomic E-state index is 0.308. The van der Waals surface area contributed by atoms with Gasteiger partial charge in [-0.05, 0) is 29.2 Å². The lowest BCUT2D eigenvalue weighted by Gasteiger charge is -2.28. The minimum Gasteiger partial charge on any atom is -0.344 e. The van der Waals surface area contributed by atoms with Gasteiger partial charge in [0, 0.05) is 32.0 Å². The normalized spacial score (nSPS) is 13.4. The molecule has 1 aliphatic heterocycles. The molecule has 1 aromatic carbocycles. The third-order valence-corrected chi connectivity index (χ3v) is 3.79. The molecular formula is C17H17N3O2. The zero-order valence-corrected chi connectivity index (χ0v) is 12.2. The van der Waals surface area contributed by atoms with E-state index in [2.05, 4.69) is 16.4 Å². The minimum atomic E-state index is -0.566. The first-order valence-corrected chi connectivity index (χ1v) is 7.27. The van der Waals surface area contributed by atoms with E-state index in [1.807, 2.05) is 24.3 Å². The summed E-state index contributed by atoms with van der Waals surface area (Å²) < 4.78 is 0. The van der Waals surface area contributed by atoms with E-state index >= 15 is 0 Å². The number of hydrogen-bond acceptors (Lipinski definition) is 3. The van der Waals surface area contributed by atoms with Crippen molar-refractivity contribution < 1.29 is 9.59 Å². The predicted molar refractivity (Wildman–Crippen MR) is 81.6 cm³/mol. The van der Waals surface area contributed by atoms with Gasteiger partial charge in [0.05, 0.1) is 0 Å². The Morgan fingerprint density at radius 1 is 1.14 bits per heavy atom. The number of nitrogens with zero attached hydrogens (tertiary/aromatic N) is 2. The van der Waals surface area contributed by atoms with Crippen molar-refractivity contribution in [3.63, 3.8) is 0 Å². The van der Waals surface area contributed by atoms with Crippen LogP contribution in [-0.4, -0.2) is 28.2 Å². The summed E-state index contributed by atoms with van der Waals surface area (Å²) in [6, 6.07) is 11.7. The molecule has 2 aromatic rings. The smallest absolute Gasteiger partial charge is 0.312 e. The van der Waals surface area contributed by atoms with Crippen molar-refractivity contribution in [2.24, 2.45) is 0 Å². The Morgan fingerprint density at radius 2 is 1.95 bits per heavy atom. The SMILES string of the molecule is O=C(NCc1cccnc1)C(=O)N1CCc2ccccc2C1.